The third-order valence-electron chi connectivity index (χ3n) is 2.96. The third-order valence-corrected chi connectivity index (χ3v) is 2.96. The largest absolute Gasteiger partial charge is 0.507 e. The summed E-state index contributed by atoms with van der Waals surface area (Å²) in [5.41, 5.74) is 2.63. The van der Waals surface area contributed by atoms with E-state index in [0.29, 0.717) is 5.70 Å². The molecule has 0 atom stereocenters. The Morgan fingerprint density at radius 1 is 1.29 bits per heavy atom. The Kier molecular flexibility index (Phi) is 2.76. The van der Waals surface area contributed by atoms with Gasteiger partial charge >= 0.3 is 0 Å². The van der Waals surface area contributed by atoms with Crippen LogP contribution >= 0.6 is 0 Å². The van der Waals surface area contributed by atoms with E-state index in [2.05, 4.69) is 6.58 Å². The van der Waals surface area contributed by atoms with Crippen molar-refractivity contribution in [3.8, 4) is 5.75 Å². The standard InChI is InChI=1S/C14H14FNO/c1-9-7-8-12(16(3)10(9)2)14-11(15)5-4-6-13(14)17/h4-8,17H,2H2,1,3H3. The molecule has 0 unspecified atom stereocenters. The van der Waals surface area contributed by atoms with Gasteiger partial charge in [0.15, 0.2) is 0 Å². The lowest BCUT2D eigenvalue weighted by Crippen LogP contribution is -2.19. The van der Waals surface area contributed by atoms with Crippen LogP contribution in [-0.2, 0) is 0 Å². The fourth-order valence-corrected chi connectivity index (χ4v) is 1.84. The van der Waals surface area contributed by atoms with E-state index in [9.17, 15) is 9.50 Å². The molecule has 0 aliphatic carbocycles. The van der Waals surface area contributed by atoms with E-state index in [1.165, 1.54) is 18.2 Å². The van der Waals surface area contributed by atoms with Gasteiger partial charge < -0.3 is 10.0 Å². The minimum absolute atomic E-state index is 0.0659. The number of halogens is 1. The van der Waals surface area contributed by atoms with E-state index >= 15 is 0 Å². The smallest absolute Gasteiger partial charge is 0.136 e. The summed E-state index contributed by atoms with van der Waals surface area (Å²) in [5, 5.41) is 9.76. The molecule has 88 valence electrons. The predicted molar refractivity (Wildman–Crippen MR) is 66.7 cm³/mol. The van der Waals surface area contributed by atoms with Gasteiger partial charge in [-0.2, -0.15) is 0 Å². The zero-order chi connectivity index (χ0) is 12.6. The molecule has 0 saturated carbocycles. The highest BCUT2D eigenvalue weighted by Crippen LogP contribution is 2.34. The molecule has 1 aromatic carbocycles. The maximum atomic E-state index is 13.8. The molecule has 1 aromatic rings. The summed E-state index contributed by atoms with van der Waals surface area (Å²) in [6.07, 6.45) is 3.64. The summed E-state index contributed by atoms with van der Waals surface area (Å²) in [5.74, 6) is -0.507. The number of allylic oxidation sites excluding steroid dienone is 3. The van der Waals surface area contributed by atoms with E-state index in [1.807, 2.05) is 13.0 Å². The number of hydrogen-bond acceptors (Lipinski definition) is 2. The lowest BCUT2D eigenvalue weighted by molar-refractivity contribution is 0.461. The van der Waals surface area contributed by atoms with Gasteiger partial charge in [0.2, 0.25) is 0 Å². The molecular weight excluding hydrogens is 217 g/mol. The molecule has 1 aliphatic rings. The Hall–Kier alpha value is -2.03. The summed E-state index contributed by atoms with van der Waals surface area (Å²) in [6.45, 7) is 5.86. The molecule has 3 heteroatoms. The second kappa shape index (κ2) is 4.09. The van der Waals surface area contributed by atoms with Gasteiger partial charge in [-0.15, -0.1) is 0 Å². The normalized spacial score (nSPS) is 15.7. The van der Waals surface area contributed by atoms with Gasteiger partial charge in [0.1, 0.15) is 11.6 Å². The van der Waals surface area contributed by atoms with Gasteiger partial charge in [0, 0.05) is 12.7 Å². The number of phenolic OH excluding ortho intramolecular Hbond substituents is 1. The van der Waals surface area contributed by atoms with Gasteiger partial charge in [0.05, 0.1) is 11.3 Å². The van der Waals surface area contributed by atoms with Crippen molar-refractivity contribution >= 4 is 5.70 Å². The van der Waals surface area contributed by atoms with Crippen LogP contribution in [0.4, 0.5) is 4.39 Å². The van der Waals surface area contributed by atoms with Gasteiger partial charge in [0.25, 0.3) is 0 Å². The molecule has 0 spiro atoms. The minimum Gasteiger partial charge on any atom is -0.507 e. The van der Waals surface area contributed by atoms with E-state index < -0.39 is 5.82 Å². The van der Waals surface area contributed by atoms with Crippen LogP contribution in [0, 0.1) is 5.82 Å². The van der Waals surface area contributed by atoms with Crippen LogP contribution < -0.4 is 0 Å². The number of benzene rings is 1. The van der Waals surface area contributed by atoms with Crippen molar-refractivity contribution in [2.24, 2.45) is 0 Å². The topological polar surface area (TPSA) is 23.5 Å². The predicted octanol–water partition coefficient (Wildman–Crippen LogP) is 3.28. The average Bonchev–Trinajstić information content (AvgIpc) is 2.29. The Morgan fingerprint density at radius 2 is 2.00 bits per heavy atom. The van der Waals surface area contributed by atoms with Gasteiger partial charge in [-0.25, -0.2) is 4.39 Å². The van der Waals surface area contributed by atoms with Gasteiger partial charge in [-0.05, 0) is 30.7 Å². The highest BCUT2D eigenvalue weighted by atomic mass is 19.1. The fraction of sp³-hybridized carbons (Fsp3) is 0.143. The summed E-state index contributed by atoms with van der Waals surface area (Å²) < 4.78 is 13.8. The molecule has 1 N–H and O–H groups in total. The van der Waals surface area contributed by atoms with Crippen LogP contribution in [0.25, 0.3) is 5.70 Å². The summed E-state index contributed by atoms with van der Waals surface area (Å²) in [6, 6.07) is 4.28. The molecule has 0 bridgehead atoms. The van der Waals surface area contributed by atoms with E-state index in [-0.39, 0.29) is 11.3 Å². The lowest BCUT2D eigenvalue weighted by atomic mass is 10.0. The molecular formula is C14H14FNO. The molecule has 2 rings (SSSR count). The minimum atomic E-state index is -0.441. The Morgan fingerprint density at radius 3 is 2.65 bits per heavy atom. The number of aromatic hydroxyl groups is 1. The van der Waals surface area contributed by atoms with E-state index in [4.69, 9.17) is 0 Å². The van der Waals surface area contributed by atoms with Crippen molar-refractivity contribution in [1.82, 2.24) is 4.90 Å². The number of rotatable bonds is 1. The van der Waals surface area contributed by atoms with Crippen LogP contribution in [-0.4, -0.2) is 17.1 Å². The maximum Gasteiger partial charge on any atom is 0.136 e. The van der Waals surface area contributed by atoms with Crippen molar-refractivity contribution in [2.45, 2.75) is 6.92 Å². The van der Waals surface area contributed by atoms with Crippen molar-refractivity contribution in [2.75, 3.05) is 7.05 Å². The summed E-state index contributed by atoms with van der Waals surface area (Å²) in [4.78, 5) is 1.77. The van der Waals surface area contributed by atoms with E-state index in [1.54, 1.807) is 18.0 Å². The Balaban J connectivity index is 2.58. The highest BCUT2D eigenvalue weighted by Gasteiger charge is 2.20. The van der Waals surface area contributed by atoms with Crippen LogP contribution in [0.2, 0.25) is 0 Å². The second-order valence-electron chi connectivity index (χ2n) is 4.04. The molecule has 0 radical (unpaired) electrons. The molecule has 0 fully saturated rings. The molecule has 0 amide bonds. The first kappa shape index (κ1) is 11.5. The second-order valence-corrected chi connectivity index (χ2v) is 4.04. The first-order valence-electron chi connectivity index (χ1n) is 5.32. The fourth-order valence-electron chi connectivity index (χ4n) is 1.84. The quantitative estimate of drug-likeness (QED) is 0.801. The monoisotopic (exact) mass is 231 g/mol. The molecule has 17 heavy (non-hydrogen) atoms. The van der Waals surface area contributed by atoms with Crippen molar-refractivity contribution in [1.29, 1.82) is 0 Å². The van der Waals surface area contributed by atoms with Crippen molar-refractivity contribution in [3.05, 3.63) is 59.6 Å². The summed E-state index contributed by atoms with van der Waals surface area (Å²) >= 11 is 0. The first-order valence-corrected chi connectivity index (χ1v) is 5.32. The number of likely N-dealkylation sites (N-methyl/N-ethyl adjacent to an activating group) is 1. The van der Waals surface area contributed by atoms with Crippen molar-refractivity contribution < 1.29 is 9.50 Å². The van der Waals surface area contributed by atoms with E-state index in [0.717, 1.165) is 11.3 Å². The number of phenols is 1. The van der Waals surface area contributed by atoms with Gasteiger partial charge in [-0.1, -0.05) is 18.7 Å². The van der Waals surface area contributed by atoms with Crippen LogP contribution in [0.1, 0.15) is 12.5 Å². The average molecular weight is 231 g/mol. The van der Waals surface area contributed by atoms with Crippen LogP contribution in [0.5, 0.6) is 5.75 Å². The summed E-state index contributed by atoms with van der Waals surface area (Å²) in [7, 11) is 1.80. The van der Waals surface area contributed by atoms with Crippen LogP contribution in [0.3, 0.4) is 0 Å². The SMILES string of the molecule is C=C1C(C)=CC=C(c2c(O)cccc2F)N1C. The lowest BCUT2D eigenvalue weighted by Gasteiger charge is -2.29. The number of hydrogen-bond donors (Lipinski definition) is 1. The Bertz CT molecular complexity index is 523. The van der Waals surface area contributed by atoms with Crippen LogP contribution in [0.15, 0.2) is 48.2 Å². The molecule has 1 aliphatic heterocycles. The maximum absolute atomic E-state index is 13.8. The molecule has 2 nitrogen and oxygen atoms in total. The third kappa shape index (κ3) is 1.84. The zero-order valence-corrected chi connectivity index (χ0v) is 9.87. The zero-order valence-electron chi connectivity index (χ0n) is 9.87. The molecule has 0 aromatic heterocycles. The van der Waals surface area contributed by atoms with Gasteiger partial charge in [-0.3, -0.25) is 0 Å². The first-order chi connectivity index (χ1) is 8.02. The highest BCUT2D eigenvalue weighted by molar-refractivity contribution is 5.74. The molecule has 0 saturated heterocycles. The number of nitrogens with zero attached hydrogens (tertiary/aromatic N) is 1. The van der Waals surface area contributed by atoms with Crippen molar-refractivity contribution in [3.63, 3.8) is 0 Å². The molecule has 1 heterocycles. The Labute approximate surface area is 100.0 Å².